The number of nitrogens with one attached hydrogen (secondary N) is 1. The Hall–Kier alpha value is -1.07. The van der Waals surface area contributed by atoms with Gasteiger partial charge in [-0.15, -0.1) is 10.2 Å². The molecule has 1 N–H and O–H groups in total. The molecule has 0 aliphatic heterocycles. The lowest BCUT2D eigenvalue weighted by Crippen LogP contribution is -2.34. The van der Waals surface area contributed by atoms with Crippen LogP contribution in [0.3, 0.4) is 0 Å². The summed E-state index contributed by atoms with van der Waals surface area (Å²) in [6.45, 7) is 4.51. The fourth-order valence-electron chi connectivity index (χ4n) is 1.90. The Morgan fingerprint density at radius 3 is 2.94 bits per heavy atom. The molecule has 0 fully saturated rings. The summed E-state index contributed by atoms with van der Waals surface area (Å²) in [6, 6.07) is 6.47. The number of pyridine rings is 1. The summed E-state index contributed by atoms with van der Waals surface area (Å²) in [6.07, 6.45) is 3.20. The van der Waals surface area contributed by atoms with Gasteiger partial charge in [0.2, 0.25) is 0 Å². The van der Waals surface area contributed by atoms with Crippen molar-refractivity contribution >= 4 is 17.4 Å². The molecule has 5 heteroatoms. The first-order chi connectivity index (χ1) is 8.76. The Morgan fingerprint density at radius 2 is 2.22 bits per heavy atom. The summed E-state index contributed by atoms with van der Waals surface area (Å²) in [5.41, 5.74) is 0.907. The predicted molar refractivity (Wildman–Crippen MR) is 76.0 cm³/mol. The second-order valence-corrected chi connectivity index (χ2v) is 5.49. The molecular weight excluding hydrogens is 244 g/mol. The van der Waals surface area contributed by atoms with Crippen LogP contribution in [0.4, 0.5) is 0 Å². The van der Waals surface area contributed by atoms with Crippen LogP contribution in [0.25, 0.3) is 5.65 Å². The molecule has 0 amide bonds. The topological polar surface area (TPSA) is 42.2 Å². The van der Waals surface area contributed by atoms with Gasteiger partial charge in [-0.05, 0) is 25.1 Å². The molecule has 2 rings (SSSR count). The fourth-order valence-corrected chi connectivity index (χ4v) is 3.11. The Morgan fingerprint density at radius 1 is 1.39 bits per heavy atom. The zero-order valence-corrected chi connectivity index (χ0v) is 11.9. The second-order valence-electron chi connectivity index (χ2n) is 4.50. The molecule has 0 bridgehead atoms. The van der Waals surface area contributed by atoms with Crippen LogP contribution in [0.1, 0.15) is 20.3 Å². The van der Waals surface area contributed by atoms with Crippen molar-refractivity contribution in [1.29, 1.82) is 0 Å². The van der Waals surface area contributed by atoms with Gasteiger partial charge in [-0.25, -0.2) is 0 Å². The quantitative estimate of drug-likeness (QED) is 0.814. The largest absolute Gasteiger partial charge is 0.316 e. The Bertz CT molecular complexity index is 496. The molecule has 4 nitrogen and oxygen atoms in total. The van der Waals surface area contributed by atoms with E-state index in [4.69, 9.17) is 0 Å². The zero-order chi connectivity index (χ0) is 13.0. The Balaban J connectivity index is 2.05. The van der Waals surface area contributed by atoms with Crippen molar-refractivity contribution in [2.75, 3.05) is 12.8 Å². The molecule has 0 saturated heterocycles. The molecule has 0 radical (unpaired) electrons. The minimum Gasteiger partial charge on any atom is -0.316 e. The molecular formula is C13H20N4S. The highest BCUT2D eigenvalue weighted by Crippen LogP contribution is 2.20. The molecule has 98 valence electrons. The van der Waals surface area contributed by atoms with Crippen LogP contribution < -0.4 is 5.32 Å². The first kappa shape index (κ1) is 13.4. The molecule has 0 aliphatic carbocycles. The summed E-state index contributed by atoms with van der Waals surface area (Å²) in [5.74, 6) is 1.68. The van der Waals surface area contributed by atoms with E-state index in [2.05, 4.69) is 29.4 Å². The standard InChI is InChI=1S/C13H20N4S/c1-4-10(2)11(14-3)9-18-13-16-15-12-7-5-6-8-17(12)13/h5-8,10-11,14H,4,9H2,1-3H3. The molecule has 2 atom stereocenters. The highest BCUT2D eigenvalue weighted by molar-refractivity contribution is 7.99. The van der Waals surface area contributed by atoms with Gasteiger partial charge in [0, 0.05) is 18.0 Å². The third kappa shape index (κ3) is 2.84. The Kier molecular flexibility index (Phi) is 4.60. The van der Waals surface area contributed by atoms with Crippen LogP contribution in [0.15, 0.2) is 29.6 Å². The van der Waals surface area contributed by atoms with Crippen LogP contribution >= 0.6 is 11.8 Å². The number of nitrogens with zero attached hydrogens (tertiary/aromatic N) is 3. The van der Waals surface area contributed by atoms with E-state index in [1.807, 2.05) is 35.8 Å². The lowest BCUT2D eigenvalue weighted by atomic mass is 10.0. The normalized spacial score (nSPS) is 14.8. The van der Waals surface area contributed by atoms with Crippen molar-refractivity contribution in [2.45, 2.75) is 31.5 Å². The van der Waals surface area contributed by atoms with Crippen molar-refractivity contribution in [1.82, 2.24) is 19.9 Å². The molecule has 18 heavy (non-hydrogen) atoms. The lowest BCUT2D eigenvalue weighted by Gasteiger charge is -2.21. The molecule has 2 aromatic heterocycles. The SMILES string of the molecule is CCC(C)C(CSc1nnc2ccccn12)NC. The zero-order valence-electron chi connectivity index (χ0n) is 11.1. The molecule has 0 aromatic carbocycles. The summed E-state index contributed by atoms with van der Waals surface area (Å²) in [5, 5.41) is 12.7. The number of hydrogen-bond acceptors (Lipinski definition) is 4. The van der Waals surface area contributed by atoms with E-state index in [1.165, 1.54) is 6.42 Å². The van der Waals surface area contributed by atoms with Gasteiger partial charge < -0.3 is 5.32 Å². The molecule has 0 spiro atoms. The molecule has 0 aliphatic rings. The summed E-state index contributed by atoms with van der Waals surface area (Å²) < 4.78 is 2.04. The van der Waals surface area contributed by atoms with Gasteiger partial charge in [0.1, 0.15) is 0 Å². The van der Waals surface area contributed by atoms with Crippen molar-refractivity contribution in [3.05, 3.63) is 24.4 Å². The van der Waals surface area contributed by atoms with E-state index in [0.717, 1.165) is 16.6 Å². The fraction of sp³-hybridized carbons (Fsp3) is 0.538. The van der Waals surface area contributed by atoms with Crippen molar-refractivity contribution in [2.24, 2.45) is 5.92 Å². The minimum atomic E-state index is 0.510. The number of rotatable bonds is 6. The van der Waals surface area contributed by atoms with Crippen LogP contribution in [0.5, 0.6) is 0 Å². The number of fused-ring (bicyclic) bond motifs is 1. The second kappa shape index (κ2) is 6.20. The molecule has 2 heterocycles. The van der Waals surface area contributed by atoms with E-state index < -0.39 is 0 Å². The van der Waals surface area contributed by atoms with Crippen LogP contribution in [0, 0.1) is 5.92 Å². The smallest absolute Gasteiger partial charge is 0.195 e. The molecule has 2 unspecified atom stereocenters. The van der Waals surface area contributed by atoms with Crippen molar-refractivity contribution in [3.63, 3.8) is 0 Å². The van der Waals surface area contributed by atoms with Gasteiger partial charge in [0.25, 0.3) is 0 Å². The average molecular weight is 264 g/mol. The van der Waals surface area contributed by atoms with E-state index in [9.17, 15) is 0 Å². The van der Waals surface area contributed by atoms with E-state index in [1.54, 1.807) is 11.8 Å². The van der Waals surface area contributed by atoms with Gasteiger partial charge >= 0.3 is 0 Å². The molecule has 2 aromatic rings. The highest BCUT2D eigenvalue weighted by Gasteiger charge is 2.15. The summed E-state index contributed by atoms with van der Waals surface area (Å²) in [7, 11) is 2.03. The number of aromatic nitrogens is 3. The van der Waals surface area contributed by atoms with Crippen LogP contribution in [0.2, 0.25) is 0 Å². The first-order valence-electron chi connectivity index (χ1n) is 6.36. The van der Waals surface area contributed by atoms with E-state index in [-0.39, 0.29) is 0 Å². The third-order valence-corrected chi connectivity index (χ3v) is 4.44. The monoisotopic (exact) mass is 264 g/mol. The number of hydrogen-bond donors (Lipinski definition) is 1. The summed E-state index contributed by atoms with van der Waals surface area (Å²) in [4.78, 5) is 0. The maximum absolute atomic E-state index is 4.23. The van der Waals surface area contributed by atoms with Gasteiger partial charge in [-0.1, -0.05) is 38.1 Å². The van der Waals surface area contributed by atoms with Crippen LogP contribution in [-0.4, -0.2) is 33.4 Å². The highest BCUT2D eigenvalue weighted by atomic mass is 32.2. The first-order valence-corrected chi connectivity index (χ1v) is 7.34. The van der Waals surface area contributed by atoms with Crippen molar-refractivity contribution < 1.29 is 0 Å². The van der Waals surface area contributed by atoms with E-state index in [0.29, 0.717) is 12.0 Å². The average Bonchev–Trinajstić information content (AvgIpc) is 2.82. The predicted octanol–water partition coefficient (Wildman–Crippen LogP) is 2.46. The van der Waals surface area contributed by atoms with Gasteiger partial charge in [0.05, 0.1) is 0 Å². The maximum atomic E-state index is 4.23. The van der Waals surface area contributed by atoms with Gasteiger partial charge in [-0.2, -0.15) is 0 Å². The van der Waals surface area contributed by atoms with E-state index >= 15 is 0 Å². The number of thioether (sulfide) groups is 1. The van der Waals surface area contributed by atoms with Gasteiger partial charge in [0.15, 0.2) is 10.8 Å². The Labute approximate surface area is 112 Å². The molecule has 0 saturated carbocycles. The summed E-state index contributed by atoms with van der Waals surface area (Å²) >= 11 is 1.76. The van der Waals surface area contributed by atoms with Crippen LogP contribution in [-0.2, 0) is 0 Å². The van der Waals surface area contributed by atoms with Gasteiger partial charge in [-0.3, -0.25) is 4.40 Å². The minimum absolute atomic E-state index is 0.510. The third-order valence-electron chi connectivity index (χ3n) is 3.38. The lowest BCUT2D eigenvalue weighted by molar-refractivity contribution is 0.420. The van der Waals surface area contributed by atoms with Crippen molar-refractivity contribution in [3.8, 4) is 0 Å². The maximum Gasteiger partial charge on any atom is 0.195 e.